The maximum Gasteiger partial charge on any atom is 0.245 e. The summed E-state index contributed by atoms with van der Waals surface area (Å²) in [6.45, 7) is 4.26. The number of hydrogen-bond donors (Lipinski definition) is 1. The smallest absolute Gasteiger partial charge is 0.245 e. The van der Waals surface area contributed by atoms with Gasteiger partial charge in [0, 0.05) is 6.54 Å². The normalized spacial score (nSPS) is 22.3. The minimum atomic E-state index is -0.423. The van der Waals surface area contributed by atoms with E-state index in [1.807, 2.05) is 13.8 Å². The Morgan fingerprint density at radius 2 is 1.81 bits per heavy atom. The number of amides is 2. The van der Waals surface area contributed by atoms with Crippen molar-refractivity contribution in [3.63, 3.8) is 0 Å². The molecule has 2 amide bonds. The zero-order chi connectivity index (χ0) is 15.4. The first-order valence-electron chi connectivity index (χ1n) is 7.42. The van der Waals surface area contributed by atoms with Gasteiger partial charge in [-0.3, -0.25) is 9.59 Å². The molecule has 4 nitrogen and oxygen atoms in total. The fourth-order valence-electron chi connectivity index (χ4n) is 2.67. The Balaban J connectivity index is 2.08. The number of piperazine rings is 1. The first kappa shape index (κ1) is 15.5. The molecule has 0 saturated carbocycles. The highest BCUT2D eigenvalue weighted by Crippen LogP contribution is 2.16. The van der Waals surface area contributed by atoms with E-state index in [1.54, 1.807) is 17.0 Å². The minimum Gasteiger partial charge on any atom is -0.343 e. The van der Waals surface area contributed by atoms with Crippen molar-refractivity contribution in [2.24, 2.45) is 0 Å². The quantitative estimate of drug-likeness (QED) is 0.901. The molecule has 0 spiro atoms. The maximum absolute atomic E-state index is 12.9. The van der Waals surface area contributed by atoms with Gasteiger partial charge in [0.2, 0.25) is 11.8 Å². The molecule has 1 aliphatic rings. The summed E-state index contributed by atoms with van der Waals surface area (Å²) < 4.78 is 12.9. The molecule has 0 aromatic heterocycles. The monoisotopic (exact) mass is 292 g/mol. The molecule has 2 unspecified atom stereocenters. The molecule has 1 aliphatic heterocycles. The zero-order valence-electron chi connectivity index (χ0n) is 12.4. The van der Waals surface area contributed by atoms with Crippen LogP contribution in [0.1, 0.15) is 32.3 Å². The second-order valence-corrected chi connectivity index (χ2v) is 5.30. The maximum atomic E-state index is 12.9. The Hall–Kier alpha value is -1.91. The van der Waals surface area contributed by atoms with Crippen LogP contribution < -0.4 is 5.32 Å². The highest BCUT2D eigenvalue weighted by atomic mass is 19.1. The van der Waals surface area contributed by atoms with E-state index in [9.17, 15) is 14.0 Å². The molecule has 2 rings (SSSR count). The summed E-state index contributed by atoms with van der Waals surface area (Å²) in [6.07, 6.45) is 1.80. The predicted octanol–water partition coefficient (Wildman–Crippen LogP) is 1.88. The standard InChI is InChI=1S/C16H21FN2O2/c1-3-13-16(21)19(14(4-2)15(20)18-13)10-9-11-5-7-12(17)8-6-11/h5-8,13-14H,3-4,9-10H2,1-2H3,(H,18,20). The van der Waals surface area contributed by atoms with Crippen molar-refractivity contribution in [2.45, 2.75) is 45.2 Å². The Bertz CT molecular complexity index is 516. The van der Waals surface area contributed by atoms with Crippen molar-refractivity contribution in [3.05, 3.63) is 35.6 Å². The van der Waals surface area contributed by atoms with Gasteiger partial charge in [0.1, 0.15) is 17.9 Å². The number of benzene rings is 1. The average molecular weight is 292 g/mol. The molecular formula is C16H21FN2O2. The third-order valence-corrected chi connectivity index (χ3v) is 3.93. The van der Waals surface area contributed by atoms with Crippen molar-refractivity contribution in [2.75, 3.05) is 6.54 Å². The van der Waals surface area contributed by atoms with E-state index in [0.29, 0.717) is 25.8 Å². The fraction of sp³-hybridized carbons (Fsp3) is 0.500. The Kier molecular flexibility index (Phi) is 4.94. The summed E-state index contributed by atoms with van der Waals surface area (Å²) in [5.74, 6) is -0.376. The molecular weight excluding hydrogens is 271 g/mol. The summed E-state index contributed by atoms with van der Waals surface area (Å²) in [5, 5.41) is 2.77. The second-order valence-electron chi connectivity index (χ2n) is 5.30. The second kappa shape index (κ2) is 6.70. The van der Waals surface area contributed by atoms with Crippen LogP contribution in [0.3, 0.4) is 0 Å². The van der Waals surface area contributed by atoms with Gasteiger partial charge in [-0.05, 0) is 37.0 Å². The lowest BCUT2D eigenvalue weighted by Crippen LogP contribution is -2.63. The summed E-state index contributed by atoms with van der Waals surface area (Å²) in [6, 6.07) is 5.41. The lowest BCUT2D eigenvalue weighted by Gasteiger charge is -2.38. The van der Waals surface area contributed by atoms with E-state index < -0.39 is 12.1 Å². The molecule has 1 N–H and O–H groups in total. The number of halogens is 1. The minimum absolute atomic E-state index is 0.0222. The lowest BCUT2D eigenvalue weighted by molar-refractivity contribution is -0.149. The molecule has 1 saturated heterocycles. The molecule has 114 valence electrons. The highest BCUT2D eigenvalue weighted by molar-refractivity contribution is 5.96. The van der Waals surface area contributed by atoms with Crippen LogP contribution in [-0.2, 0) is 16.0 Å². The van der Waals surface area contributed by atoms with Gasteiger partial charge in [-0.1, -0.05) is 26.0 Å². The van der Waals surface area contributed by atoms with Gasteiger partial charge in [-0.2, -0.15) is 0 Å². The van der Waals surface area contributed by atoms with E-state index in [4.69, 9.17) is 0 Å². The van der Waals surface area contributed by atoms with E-state index in [-0.39, 0.29) is 17.6 Å². The summed E-state index contributed by atoms with van der Waals surface area (Å²) in [5.41, 5.74) is 0.957. The third-order valence-electron chi connectivity index (χ3n) is 3.93. The van der Waals surface area contributed by atoms with E-state index in [1.165, 1.54) is 12.1 Å². The molecule has 5 heteroatoms. The number of rotatable bonds is 5. The Labute approximate surface area is 124 Å². The van der Waals surface area contributed by atoms with Gasteiger partial charge in [0.05, 0.1) is 0 Å². The van der Waals surface area contributed by atoms with Gasteiger partial charge in [-0.25, -0.2) is 4.39 Å². The van der Waals surface area contributed by atoms with Crippen molar-refractivity contribution in [3.8, 4) is 0 Å². The van der Waals surface area contributed by atoms with Crippen LogP contribution in [0.2, 0.25) is 0 Å². The van der Waals surface area contributed by atoms with Gasteiger partial charge in [0.15, 0.2) is 0 Å². The van der Waals surface area contributed by atoms with Gasteiger partial charge >= 0.3 is 0 Å². The average Bonchev–Trinajstić information content (AvgIpc) is 2.49. The van der Waals surface area contributed by atoms with Crippen molar-refractivity contribution >= 4 is 11.8 Å². The molecule has 1 aromatic carbocycles. The summed E-state index contributed by atoms with van der Waals surface area (Å²) in [7, 11) is 0. The van der Waals surface area contributed by atoms with E-state index in [0.717, 1.165) is 5.56 Å². The summed E-state index contributed by atoms with van der Waals surface area (Å²) >= 11 is 0. The predicted molar refractivity (Wildman–Crippen MR) is 78.1 cm³/mol. The molecule has 1 fully saturated rings. The number of carbonyl (C=O) groups excluding carboxylic acids is 2. The largest absolute Gasteiger partial charge is 0.343 e. The SMILES string of the molecule is CCC1NC(=O)C(CC)N(CCc2ccc(F)cc2)C1=O. The van der Waals surface area contributed by atoms with Crippen LogP contribution >= 0.6 is 0 Å². The van der Waals surface area contributed by atoms with Crippen LogP contribution in [0.15, 0.2) is 24.3 Å². The molecule has 1 aromatic rings. The topological polar surface area (TPSA) is 49.4 Å². The Morgan fingerprint density at radius 3 is 2.38 bits per heavy atom. The molecule has 0 radical (unpaired) electrons. The fourth-order valence-corrected chi connectivity index (χ4v) is 2.67. The number of carbonyl (C=O) groups is 2. The van der Waals surface area contributed by atoms with Crippen LogP contribution in [-0.4, -0.2) is 35.3 Å². The highest BCUT2D eigenvalue weighted by Gasteiger charge is 2.38. The number of nitrogens with zero attached hydrogens (tertiary/aromatic N) is 1. The molecule has 21 heavy (non-hydrogen) atoms. The van der Waals surface area contributed by atoms with Crippen molar-refractivity contribution in [1.82, 2.24) is 10.2 Å². The van der Waals surface area contributed by atoms with Crippen LogP contribution in [0.4, 0.5) is 4.39 Å². The van der Waals surface area contributed by atoms with E-state index >= 15 is 0 Å². The molecule has 2 atom stereocenters. The lowest BCUT2D eigenvalue weighted by atomic mass is 10.0. The van der Waals surface area contributed by atoms with Crippen LogP contribution in [0.25, 0.3) is 0 Å². The molecule has 0 aliphatic carbocycles. The Morgan fingerprint density at radius 1 is 1.14 bits per heavy atom. The third kappa shape index (κ3) is 3.40. The first-order chi connectivity index (χ1) is 10.1. The van der Waals surface area contributed by atoms with Gasteiger partial charge in [-0.15, -0.1) is 0 Å². The molecule has 0 bridgehead atoms. The van der Waals surface area contributed by atoms with Crippen molar-refractivity contribution < 1.29 is 14.0 Å². The number of nitrogens with one attached hydrogen (secondary N) is 1. The number of hydrogen-bond acceptors (Lipinski definition) is 2. The van der Waals surface area contributed by atoms with Crippen LogP contribution in [0, 0.1) is 5.82 Å². The first-order valence-corrected chi connectivity index (χ1v) is 7.42. The van der Waals surface area contributed by atoms with Crippen LogP contribution in [0.5, 0.6) is 0 Å². The van der Waals surface area contributed by atoms with Gasteiger partial charge < -0.3 is 10.2 Å². The molecule has 1 heterocycles. The van der Waals surface area contributed by atoms with E-state index in [2.05, 4.69) is 5.32 Å². The van der Waals surface area contributed by atoms with Gasteiger partial charge in [0.25, 0.3) is 0 Å². The summed E-state index contributed by atoms with van der Waals surface area (Å²) in [4.78, 5) is 26.1. The van der Waals surface area contributed by atoms with Crippen molar-refractivity contribution in [1.29, 1.82) is 0 Å². The zero-order valence-corrected chi connectivity index (χ0v) is 12.4.